The van der Waals surface area contributed by atoms with Crippen molar-refractivity contribution in [3.63, 3.8) is 0 Å². The van der Waals surface area contributed by atoms with Crippen LogP contribution in [0.15, 0.2) is 54.6 Å². The molecule has 170 valence electrons. The summed E-state index contributed by atoms with van der Waals surface area (Å²) in [4.78, 5) is 25.2. The minimum absolute atomic E-state index is 0.00458. The van der Waals surface area contributed by atoms with E-state index < -0.39 is 5.54 Å². The van der Waals surface area contributed by atoms with Gasteiger partial charge in [-0.15, -0.1) is 0 Å². The lowest BCUT2D eigenvalue weighted by Crippen LogP contribution is -2.61. The van der Waals surface area contributed by atoms with Gasteiger partial charge in [-0.25, -0.2) is 4.79 Å². The van der Waals surface area contributed by atoms with Crippen molar-refractivity contribution in [3.05, 3.63) is 65.7 Å². The molecule has 1 saturated heterocycles. The van der Waals surface area contributed by atoms with E-state index in [1.165, 1.54) is 7.11 Å². The average Bonchev–Trinajstić information content (AvgIpc) is 3.63. The molecule has 1 aliphatic heterocycles. The normalized spacial score (nSPS) is 18.4. The number of hydrogen-bond donors (Lipinski definition) is 2. The van der Waals surface area contributed by atoms with Crippen molar-refractivity contribution in [2.24, 2.45) is 0 Å². The SMILES string of the molecule is COC(=O)c1ccc(C2(NC(=O)C3(NCCOc4ccccc4)CCOCC3)CC2)cc1. The molecule has 1 heterocycles. The van der Waals surface area contributed by atoms with Crippen LogP contribution < -0.4 is 15.4 Å². The van der Waals surface area contributed by atoms with Gasteiger partial charge in [0.05, 0.1) is 18.2 Å². The first-order valence-corrected chi connectivity index (χ1v) is 11.1. The van der Waals surface area contributed by atoms with Crippen LogP contribution in [-0.2, 0) is 19.8 Å². The van der Waals surface area contributed by atoms with Gasteiger partial charge in [0.15, 0.2) is 0 Å². The summed E-state index contributed by atoms with van der Waals surface area (Å²) in [6.07, 6.45) is 2.98. The molecule has 7 nitrogen and oxygen atoms in total. The largest absolute Gasteiger partial charge is 0.492 e. The second-order valence-electron chi connectivity index (χ2n) is 8.39. The molecule has 32 heavy (non-hydrogen) atoms. The highest BCUT2D eigenvalue weighted by Crippen LogP contribution is 2.46. The van der Waals surface area contributed by atoms with E-state index in [4.69, 9.17) is 14.2 Å². The quantitative estimate of drug-likeness (QED) is 0.463. The maximum Gasteiger partial charge on any atom is 0.337 e. The highest BCUT2D eigenvalue weighted by molar-refractivity contribution is 5.89. The maximum atomic E-state index is 13.5. The van der Waals surface area contributed by atoms with Crippen molar-refractivity contribution in [3.8, 4) is 5.75 Å². The van der Waals surface area contributed by atoms with Crippen molar-refractivity contribution in [2.45, 2.75) is 36.8 Å². The minimum Gasteiger partial charge on any atom is -0.492 e. The Labute approximate surface area is 188 Å². The van der Waals surface area contributed by atoms with Crippen molar-refractivity contribution in [2.75, 3.05) is 33.5 Å². The van der Waals surface area contributed by atoms with E-state index >= 15 is 0 Å². The Balaban J connectivity index is 1.39. The van der Waals surface area contributed by atoms with Gasteiger partial charge in [-0.05, 0) is 55.5 Å². The van der Waals surface area contributed by atoms with Crippen LogP contribution in [0.5, 0.6) is 5.75 Å². The Hall–Kier alpha value is -2.90. The zero-order valence-corrected chi connectivity index (χ0v) is 18.4. The third-order valence-corrected chi connectivity index (χ3v) is 6.32. The summed E-state index contributed by atoms with van der Waals surface area (Å²) < 4.78 is 16.1. The molecule has 7 heteroatoms. The molecule has 2 aromatic rings. The number of amides is 1. The Morgan fingerprint density at radius 1 is 0.969 bits per heavy atom. The van der Waals surface area contributed by atoms with Crippen molar-refractivity contribution in [1.82, 2.24) is 10.6 Å². The smallest absolute Gasteiger partial charge is 0.337 e. The summed E-state index contributed by atoms with van der Waals surface area (Å²) >= 11 is 0. The zero-order chi connectivity index (χ0) is 22.4. The summed E-state index contributed by atoms with van der Waals surface area (Å²) in [5, 5.41) is 6.76. The molecule has 0 spiro atoms. The first-order chi connectivity index (χ1) is 15.6. The molecule has 0 unspecified atom stereocenters. The number of esters is 1. The average molecular weight is 439 g/mol. The van der Waals surface area contributed by atoms with Crippen LogP contribution in [0.4, 0.5) is 0 Å². The van der Waals surface area contributed by atoms with Gasteiger partial charge in [0.2, 0.25) is 5.91 Å². The lowest BCUT2D eigenvalue weighted by atomic mass is 9.88. The molecule has 2 N–H and O–H groups in total. The summed E-state index contributed by atoms with van der Waals surface area (Å²) in [6, 6.07) is 16.9. The van der Waals surface area contributed by atoms with Gasteiger partial charge in [-0.1, -0.05) is 30.3 Å². The third-order valence-electron chi connectivity index (χ3n) is 6.32. The van der Waals surface area contributed by atoms with E-state index in [1.54, 1.807) is 12.1 Å². The molecule has 2 aliphatic rings. The molecule has 1 amide bonds. The molecule has 1 aliphatic carbocycles. The van der Waals surface area contributed by atoms with Crippen LogP contribution in [0.1, 0.15) is 41.6 Å². The lowest BCUT2D eigenvalue weighted by Gasteiger charge is -2.38. The fourth-order valence-corrected chi connectivity index (χ4v) is 4.17. The Bertz CT molecular complexity index is 919. The fourth-order valence-electron chi connectivity index (χ4n) is 4.17. The lowest BCUT2D eigenvalue weighted by molar-refractivity contribution is -0.133. The third kappa shape index (κ3) is 4.95. The van der Waals surface area contributed by atoms with Crippen LogP contribution in [0.2, 0.25) is 0 Å². The molecular formula is C25H30N2O5. The van der Waals surface area contributed by atoms with E-state index in [-0.39, 0.29) is 17.4 Å². The number of hydrogen-bond acceptors (Lipinski definition) is 6. The molecule has 0 aromatic heterocycles. The summed E-state index contributed by atoms with van der Waals surface area (Å²) in [7, 11) is 1.37. The number of methoxy groups -OCH3 is 1. The number of para-hydroxylation sites is 1. The van der Waals surface area contributed by atoms with Gasteiger partial charge >= 0.3 is 5.97 Å². The molecule has 0 bridgehead atoms. The second kappa shape index (κ2) is 9.71. The van der Waals surface area contributed by atoms with Crippen LogP contribution in [0.3, 0.4) is 0 Å². The van der Waals surface area contributed by atoms with Gasteiger partial charge in [-0.3, -0.25) is 10.1 Å². The number of benzene rings is 2. The van der Waals surface area contributed by atoms with Gasteiger partial charge in [0, 0.05) is 19.8 Å². The number of carbonyl (C=O) groups is 2. The van der Waals surface area contributed by atoms with E-state index in [0.717, 1.165) is 24.2 Å². The van der Waals surface area contributed by atoms with Crippen LogP contribution in [0.25, 0.3) is 0 Å². The topological polar surface area (TPSA) is 85.9 Å². The molecule has 0 atom stereocenters. The van der Waals surface area contributed by atoms with Gasteiger partial charge in [0.25, 0.3) is 0 Å². The fraction of sp³-hybridized carbons (Fsp3) is 0.440. The zero-order valence-electron chi connectivity index (χ0n) is 18.4. The molecular weight excluding hydrogens is 408 g/mol. The molecule has 1 saturated carbocycles. The highest BCUT2D eigenvalue weighted by atomic mass is 16.5. The van der Waals surface area contributed by atoms with E-state index in [9.17, 15) is 9.59 Å². The molecule has 0 radical (unpaired) electrons. The van der Waals surface area contributed by atoms with Crippen LogP contribution >= 0.6 is 0 Å². The minimum atomic E-state index is -0.681. The standard InChI is InChI=1S/C25H30N2O5/c1-30-22(28)19-7-9-20(10-8-19)24(11-12-24)27-23(29)25(13-16-31-17-14-25)26-15-18-32-21-5-3-2-4-6-21/h2-10,26H,11-18H2,1H3,(H,27,29). The highest BCUT2D eigenvalue weighted by Gasteiger charge is 2.50. The molecule has 2 aromatic carbocycles. The van der Waals surface area contributed by atoms with Gasteiger partial charge in [0.1, 0.15) is 17.9 Å². The van der Waals surface area contributed by atoms with E-state index in [2.05, 4.69) is 10.6 Å². The second-order valence-corrected chi connectivity index (χ2v) is 8.39. The monoisotopic (exact) mass is 438 g/mol. The van der Waals surface area contributed by atoms with E-state index in [0.29, 0.717) is 44.8 Å². The van der Waals surface area contributed by atoms with Crippen molar-refractivity contribution in [1.29, 1.82) is 0 Å². The number of carbonyl (C=O) groups excluding carboxylic acids is 2. The Morgan fingerprint density at radius 2 is 1.66 bits per heavy atom. The Kier molecular flexibility index (Phi) is 6.77. The van der Waals surface area contributed by atoms with Crippen molar-refractivity contribution < 1.29 is 23.8 Å². The predicted molar refractivity (Wildman–Crippen MR) is 120 cm³/mol. The van der Waals surface area contributed by atoms with Crippen LogP contribution in [0, 0.1) is 0 Å². The predicted octanol–water partition coefficient (Wildman–Crippen LogP) is 2.80. The summed E-state index contributed by atoms with van der Waals surface area (Å²) in [5.74, 6) is 0.440. The number of ether oxygens (including phenoxy) is 3. The van der Waals surface area contributed by atoms with Gasteiger partial charge < -0.3 is 19.5 Å². The Morgan fingerprint density at radius 3 is 2.28 bits per heavy atom. The molecule has 2 fully saturated rings. The first kappa shape index (κ1) is 22.3. The number of nitrogens with one attached hydrogen (secondary N) is 2. The van der Waals surface area contributed by atoms with E-state index in [1.807, 2.05) is 42.5 Å². The summed E-state index contributed by atoms with van der Waals surface area (Å²) in [5.41, 5.74) is 0.450. The van der Waals surface area contributed by atoms with Crippen LogP contribution in [-0.4, -0.2) is 50.9 Å². The first-order valence-electron chi connectivity index (χ1n) is 11.1. The summed E-state index contributed by atoms with van der Waals surface area (Å²) in [6.45, 7) is 2.12. The van der Waals surface area contributed by atoms with Gasteiger partial charge in [-0.2, -0.15) is 0 Å². The maximum absolute atomic E-state index is 13.5. The molecule has 4 rings (SSSR count). The number of rotatable bonds is 9. The van der Waals surface area contributed by atoms with Crippen molar-refractivity contribution >= 4 is 11.9 Å².